The first-order valence-electron chi connectivity index (χ1n) is 8.18. The van der Waals surface area contributed by atoms with Gasteiger partial charge in [-0.05, 0) is 12.1 Å². The number of nitrogens with two attached hydrogens (primary N) is 2. The number of hydrogen-bond acceptors (Lipinski definition) is 8. The van der Waals surface area contributed by atoms with E-state index in [1.165, 1.54) is 24.4 Å². The van der Waals surface area contributed by atoms with Crippen molar-refractivity contribution in [3.05, 3.63) is 46.4 Å². The molecule has 1 aromatic heterocycles. The van der Waals surface area contributed by atoms with Crippen molar-refractivity contribution < 1.29 is 24.5 Å². The highest BCUT2D eigenvalue weighted by Crippen LogP contribution is 2.24. The summed E-state index contributed by atoms with van der Waals surface area (Å²) in [7, 11) is 0. The number of aliphatic carboxylic acids is 1. The van der Waals surface area contributed by atoms with E-state index in [0.717, 1.165) is 0 Å². The Hall–Kier alpha value is -3.62. The lowest BCUT2D eigenvalue weighted by atomic mass is 10.2. The number of anilines is 1. The van der Waals surface area contributed by atoms with Gasteiger partial charge in [-0.3, -0.25) is 4.98 Å². The van der Waals surface area contributed by atoms with Crippen LogP contribution < -0.4 is 35.7 Å². The molecule has 0 aliphatic rings. The quantitative estimate of drug-likeness (QED) is 0.101. The van der Waals surface area contributed by atoms with Crippen LogP contribution in [0.1, 0.15) is 16.1 Å². The Balaban J connectivity index is 2.30. The molecule has 8 N–H and O–H groups in total. The summed E-state index contributed by atoms with van der Waals surface area (Å²) >= 11 is 1.85. The normalized spacial score (nSPS) is 11.2. The number of aromatic nitrogens is 2. The summed E-state index contributed by atoms with van der Waals surface area (Å²) in [6.45, 7) is 3.34. The predicted molar refractivity (Wildman–Crippen MR) is 117 cm³/mol. The molecular weight excluding hydrogens is 509 g/mol. The van der Waals surface area contributed by atoms with Gasteiger partial charge in [0.2, 0.25) is 0 Å². The van der Waals surface area contributed by atoms with Gasteiger partial charge in [0, 0.05) is 11.8 Å². The van der Waals surface area contributed by atoms with Gasteiger partial charge in [0.25, 0.3) is 0 Å². The number of nitrogens with zero attached hydrogens (tertiary/aromatic N) is 3. The second kappa shape index (κ2) is 10.2. The zero-order valence-electron chi connectivity index (χ0n) is 15.4. The summed E-state index contributed by atoms with van der Waals surface area (Å²) in [5, 5.41) is 21.7. The Morgan fingerprint density at radius 1 is 1.30 bits per heavy atom. The van der Waals surface area contributed by atoms with E-state index < -0.39 is 18.5 Å². The lowest BCUT2D eigenvalue weighted by Gasteiger charge is -2.11. The van der Waals surface area contributed by atoms with Crippen LogP contribution in [-0.4, -0.2) is 44.7 Å². The molecule has 158 valence electrons. The van der Waals surface area contributed by atoms with Crippen molar-refractivity contribution in [2.45, 2.75) is 6.54 Å². The van der Waals surface area contributed by atoms with Gasteiger partial charge in [-0.15, -0.1) is 0 Å². The molecule has 13 heteroatoms. The van der Waals surface area contributed by atoms with Crippen molar-refractivity contribution in [3.63, 3.8) is 0 Å². The first kappa shape index (κ1) is 22.7. The maximum absolute atomic E-state index is 11.3. The molecule has 30 heavy (non-hydrogen) atoms. The van der Waals surface area contributed by atoms with Gasteiger partial charge in [-0.2, -0.15) is 4.99 Å². The van der Waals surface area contributed by atoms with E-state index in [4.69, 9.17) is 21.3 Å². The zero-order chi connectivity index (χ0) is 22.3. The number of carboxylic acids is 2. The maximum atomic E-state index is 11.3. The van der Waals surface area contributed by atoms with E-state index in [-0.39, 0.29) is 29.6 Å². The van der Waals surface area contributed by atoms with E-state index in [1.54, 1.807) is 0 Å². The van der Waals surface area contributed by atoms with E-state index in [9.17, 15) is 14.7 Å². The van der Waals surface area contributed by atoms with Crippen molar-refractivity contribution in [1.82, 2.24) is 13.5 Å². The van der Waals surface area contributed by atoms with Crippen molar-refractivity contribution in [2.75, 3.05) is 11.9 Å². The zero-order valence-corrected chi connectivity index (χ0v) is 17.6. The SMILES string of the molecule is C=c1ncc(CNc2ccc(C(=O)O)c(OCC(=O)O)c2)n/c1=C(/N=C(N)N)NI. The van der Waals surface area contributed by atoms with Gasteiger partial charge in [0.1, 0.15) is 16.7 Å². The van der Waals surface area contributed by atoms with Gasteiger partial charge in [0.05, 0.1) is 46.6 Å². The minimum absolute atomic E-state index is 0.0766. The lowest BCUT2D eigenvalue weighted by Crippen LogP contribution is -2.36. The first-order valence-corrected chi connectivity index (χ1v) is 9.26. The molecule has 0 saturated carbocycles. The minimum Gasteiger partial charge on any atom is -0.481 e. The molecule has 0 aliphatic carbocycles. The number of guanidine groups is 1. The second-order valence-corrected chi connectivity index (χ2v) is 6.23. The highest BCUT2D eigenvalue weighted by Gasteiger charge is 2.13. The van der Waals surface area contributed by atoms with Gasteiger partial charge in [-0.1, -0.05) is 6.58 Å². The number of ether oxygens (including phenoxy) is 1. The summed E-state index contributed by atoms with van der Waals surface area (Å²) in [5.41, 5.74) is 11.7. The van der Waals surface area contributed by atoms with Gasteiger partial charge >= 0.3 is 11.9 Å². The number of hydrogen-bond donors (Lipinski definition) is 6. The van der Waals surface area contributed by atoms with Gasteiger partial charge < -0.3 is 35.3 Å². The van der Waals surface area contributed by atoms with Crippen LogP contribution in [-0.2, 0) is 11.3 Å². The largest absolute Gasteiger partial charge is 0.481 e. The Labute approximate surface area is 183 Å². The number of aromatic carboxylic acids is 1. The number of aliphatic imine (C=N–C) groups is 1. The number of carbonyl (C=O) groups is 2. The van der Waals surface area contributed by atoms with E-state index in [0.29, 0.717) is 22.1 Å². The predicted octanol–water partition coefficient (Wildman–Crippen LogP) is -1.06. The van der Waals surface area contributed by atoms with E-state index in [1.807, 2.05) is 22.9 Å². The Morgan fingerprint density at radius 3 is 2.63 bits per heavy atom. The second-order valence-electron chi connectivity index (χ2n) is 5.69. The topological polar surface area (TPSA) is 198 Å². The molecule has 0 saturated heterocycles. The Kier molecular flexibility index (Phi) is 7.74. The molecule has 2 aromatic rings. The van der Waals surface area contributed by atoms with Crippen molar-refractivity contribution >= 4 is 58.9 Å². The van der Waals surface area contributed by atoms with Crippen molar-refractivity contribution in [2.24, 2.45) is 16.5 Å². The van der Waals surface area contributed by atoms with Crippen LogP contribution in [0.3, 0.4) is 0 Å². The molecule has 0 bridgehead atoms. The average Bonchev–Trinajstić information content (AvgIpc) is 2.69. The fourth-order valence-electron chi connectivity index (χ4n) is 2.23. The average molecular weight is 527 g/mol. The summed E-state index contributed by atoms with van der Waals surface area (Å²) in [4.78, 5) is 34.5. The monoisotopic (exact) mass is 527 g/mol. The molecule has 0 aliphatic heterocycles. The third-order valence-corrected chi connectivity index (χ3v) is 4.00. The highest BCUT2D eigenvalue weighted by atomic mass is 127. The fourth-order valence-corrected chi connectivity index (χ4v) is 2.61. The van der Waals surface area contributed by atoms with Crippen LogP contribution in [0.25, 0.3) is 12.4 Å². The third kappa shape index (κ3) is 6.20. The molecular formula is C17H18IN7O5. The van der Waals surface area contributed by atoms with Crippen LogP contribution in [0.5, 0.6) is 5.75 Å². The molecule has 12 nitrogen and oxygen atoms in total. The summed E-state index contributed by atoms with van der Waals surface area (Å²) in [6, 6.07) is 4.22. The molecule has 0 atom stereocenters. The molecule has 2 rings (SSSR count). The highest BCUT2D eigenvalue weighted by molar-refractivity contribution is 14.1. The number of nitrogens with one attached hydrogen (secondary N) is 2. The molecule has 0 spiro atoms. The molecule has 0 radical (unpaired) electrons. The summed E-state index contributed by atoms with van der Waals surface area (Å²) in [5.74, 6) is -2.42. The summed E-state index contributed by atoms with van der Waals surface area (Å²) < 4.78 is 7.86. The fraction of sp³-hybridized carbons (Fsp3) is 0.118. The minimum atomic E-state index is -1.24. The van der Waals surface area contributed by atoms with E-state index >= 15 is 0 Å². The summed E-state index contributed by atoms with van der Waals surface area (Å²) in [6.07, 6.45) is 1.51. The maximum Gasteiger partial charge on any atom is 0.341 e. The van der Waals surface area contributed by atoms with Gasteiger partial charge in [-0.25, -0.2) is 14.6 Å². The molecule has 0 amide bonds. The number of rotatable bonds is 9. The number of carboxylic acid groups (broad SMARTS) is 2. The van der Waals surface area contributed by atoms with E-state index in [2.05, 4.69) is 30.4 Å². The van der Waals surface area contributed by atoms with Crippen LogP contribution in [0.2, 0.25) is 0 Å². The van der Waals surface area contributed by atoms with Crippen LogP contribution in [0, 0.1) is 0 Å². The molecule has 1 heterocycles. The molecule has 1 aromatic carbocycles. The Bertz CT molecular complexity index is 1100. The van der Waals surface area contributed by atoms with Gasteiger partial charge in [0.15, 0.2) is 18.4 Å². The first-order chi connectivity index (χ1) is 14.2. The Morgan fingerprint density at radius 2 is 2.03 bits per heavy atom. The van der Waals surface area contributed by atoms with Crippen molar-refractivity contribution in [1.29, 1.82) is 0 Å². The number of halogens is 1. The van der Waals surface area contributed by atoms with Crippen LogP contribution >= 0.6 is 22.9 Å². The molecule has 0 unspecified atom stereocenters. The standard InChI is InChI=1S/C17H18IN7O5/c1-8-14(15(25-18)24-17(19)20)23-10(5-21-8)6-22-9-2-3-11(16(28)29)12(4-9)30-7-13(26)27/h2-5,22,25H,1,6-7H2,(H,26,27)(H,28,29)(H4,19,20,24)/b15-14-. The smallest absolute Gasteiger partial charge is 0.341 e. The van der Waals surface area contributed by atoms with Crippen molar-refractivity contribution in [3.8, 4) is 5.75 Å². The lowest BCUT2D eigenvalue weighted by molar-refractivity contribution is -0.139. The van der Waals surface area contributed by atoms with Crippen LogP contribution in [0.4, 0.5) is 5.69 Å². The molecule has 0 fully saturated rings. The van der Waals surface area contributed by atoms with Crippen LogP contribution in [0.15, 0.2) is 29.4 Å². The third-order valence-electron chi connectivity index (χ3n) is 3.49. The number of benzene rings is 1.